The van der Waals surface area contributed by atoms with Gasteiger partial charge in [-0.1, -0.05) is 36.4 Å². The van der Waals surface area contributed by atoms with Crippen molar-refractivity contribution in [1.82, 2.24) is 0 Å². The molecule has 0 aliphatic carbocycles. The summed E-state index contributed by atoms with van der Waals surface area (Å²) in [5.74, 6) is -0.742. The minimum Gasteiger partial charge on any atom is -0.497 e. The van der Waals surface area contributed by atoms with Crippen molar-refractivity contribution in [1.29, 1.82) is 0 Å². The number of ether oxygens (including phenoxy) is 1. The lowest BCUT2D eigenvalue weighted by Gasteiger charge is -1.95. The number of carboxylic acid groups (broad SMARTS) is 1. The number of rotatable bonds is 3. The highest BCUT2D eigenvalue weighted by Crippen LogP contribution is 2.01. The van der Waals surface area contributed by atoms with Gasteiger partial charge in [-0.2, -0.15) is 0 Å². The fourth-order valence-electron chi connectivity index (χ4n) is 1.24. The van der Waals surface area contributed by atoms with E-state index in [2.05, 4.69) is 0 Å². The van der Waals surface area contributed by atoms with Crippen molar-refractivity contribution in [2.45, 2.75) is 12.8 Å². The normalized spacial score (nSPS) is 12.2. The van der Waals surface area contributed by atoms with Gasteiger partial charge in [0.05, 0.1) is 6.26 Å². The molecule has 0 radical (unpaired) electrons. The van der Waals surface area contributed by atoms with Crippen LogP contribution in [0.1, 0.15) is 12.0 Å². The summed E-state index contributed by atoms with van der Waals surface area (Å²) in [6.45, 7) is 0.733. The van der Waals surface area contributed by atoms with E-state index in [1.54, 1.807) is 6.26 Å². The van der Waals surface area contributed by atoms with E-state index in [1.807, 2.05) is 48.6 Å². The molecule has 17 heavy (non-hydrogen) atoms. The number of benzene rings is 1. The minimum atomic E-state index is -0.742. The first kappa shape index (κ1) is 13.0. The Morgan fingerprint density at radius 3 is 2.41 bits per heavy atom. The maximum atomic E-state index is 10.2. The van der Waals surface area contributed by atoms with Gasteiger partial charge in [0.25, 0.3) is 0 Å². The van der Waals surface area contributed by atoms with Crippen molar-refractivity contribution in [2.24, 2.45) is 0 Å². The lowest BCUT2D eigenvalue weighted by molar-refractivity contribution is -0.136. The number of carboxylic acids is 1. The van der Waals surface area contributed by atoms with Gasteiger partial charge in [-0.25, -0.2) is 0 Å². The fourth-order valence-corrected chi connectivity index (χ4v) is 1.24. The van der Waals surface area contributed by atoms with Gasteiger partial charge in [-0.15, -0.1) is 0 Å². The molecule has 0 aromatic heterocycles. The third kappa shape index (κ3) is 6.95. The topological polar surface area (TPSA) is 46.5 Å². The van der Waals surface area contributed by atoms with Crippen LogP contribution in [0.25, 0.3) is 0 Å². The standard InChI is InChI=1S/C9H10O2.C5H6O/c10-9(11)7-6-8-4-2-1-3-5-8;1-2-4-6-5-3-1/h1-5H,6-7H2,(H,10,11);1-4H,5H2. The molecule has 1 aromatic carbocycles. The SMILES string of the molecule is C1=CCOC=C1.O=C(O)CCc1ccccc1. The van der Waals surface area contributed by atoms with Gasteiger partial charge in [0, 0.05) is 6.42 Å². The first-order chi connectivity index (χ1) is 8.29. The fraction of sp³-hybridized carbons (Fsp3) is 0.214. The van der Waals surface area contributed by atoms with Gasteiger partial charge in [-0.3, -0.25) is 4.79 Å². The number of aryl methyl sites for hydroxylation is 1. The van der Waals surface area contributed by atoms with Crippen LogP contribution in [0.4, 0.5) is 0 Å². The number of allylic oxidation sites excluding steroid dienone is 2. The molecular weight excluding hydrogens is 216 g/mol. The highest BCUT2D eigenvalue weighted by atomic mass is 16.5. The van der Waals surface area contributed by atoms with Crippen molar-refractivity contribution in [2.75, 3.05) is 6.61 Å². The minimum absolute atomic E-state index is 0.212. The quantitative estimate of drug-likeness (QED) is 0.871. The van der Waals surface area contributed by atoms with Crippen LogP contribution < -0.4 is 0 Å². The van der Waals surface area contributed by atoms with Crippen molar-refractivity contribution < 1.29 is 14.6 Å². The van der Waals surface area contributed by atoms with Crippen LogP contribution in [-0.2, 0) is 16.0 Å². The molecule has 1 aromatic rings. The van der Waals surface area contributed by atoms with Gasteiger partial charge in [0.15, 0.2) is 0 Å². The number of aliphatic carboxylic acids is 1. The summed E-state index contributed by atoms with van der Waals surface area (Å²) in [6, 6.07) is 9.62. The summed E-state index contributed by atoms with van der Waals surface area (Å²) < 4.78 is 4.80. The Bertz CT molecular complexity index is 368. The summed E-state index contributed by atoms with van der Waals surface area (Å²) in [6.07, 6.45) is 8.30. The van der Waals surface area contributed by atoms with Crippen molar-refractivity contribution in [3.8, 4) is 0 Å². The molecule has 0 spiro atoms. The zero-order valence-corrected chi connectivity index (χ0v) is 9.58. The molecule has 2 rings (SSSR count). The van der Waals surface area contributed by atoms with Crippen molar-refractivity contribution in [3.05, 3.63) is 60.4 Å². The largest absolute Gasteiger partial charge is 0.497 e. The average Bonchev–Trinajstić information content (AvgIpc) is 2.40. The maximum absolute atomic E-state index is 10.2. The Morgan fingerprint density at radius 2 is 2.00 bits per heavy atom. The second kappa shape index (κ2) is 8.16. The Kier molecular flexibility index (Phi) is 6.26. The first-order valence-electron chi connectivity index (χ1n) is 5.48. The highest BCUT2D eigenvalue weighted by Gasteiger charge is 1.96. The van der Waals surface area contributed by atoms with E-state index < -0.39 is 5.97 Å². The van der Waals surface area contributed by atoms with Crippen LogP contribution >= 0.6 is 0 Å². The van der Waals surface area contributed by atoms with E-state index in [9.17, 15) is 4.79 Å². The molecule has 0 saturated heterocycles. The third-order valence-corrected chi connectivity index (χ3v) is 2.08. The van der Waals surface area contributed by atoms with E-state index in [4.69, 9.17) is 9.84 Å². The van der Waals surface area contributed by atoms with Crippen LogP contribution in [0.15, 0.2) is 54.8 Å². The second-order valence-corrected chi connectivity index (χ2v) is 3.47. The van der Waals surface area contributed by atoms with E-state index in [-0.39, 0.29) is 6.42 Å². The molecule has 90 valence electrons. The number of carbonyl (C=O) groups is 1. The molecule has 0 saturated carbocycles. The molecule has 1 heterocycles. The molecule has 3 nitrogen and oxygen atoms in total. The highest BCUT2D eigenvalue weighted by molar-refractivity contribution is 5.67. The Labute approximate surface area is 101 Å². The van der Waals surface area contributed by atoms with E-state index in [0.717, 1.165) is 12.2 Å². The zero-order valence-electron chi connectivity index (χ0n) is 9.58. The summed E-state index contributed by atoms with van der Waals surface area (Å²) in [4.78, 5) is 10.2. The third-order valence-electron chi connectivity index (χ3n) is 2.08. The van der Waals surface area contributed by atoms with Crippen LogP contribution in [-0.4, -0.2) is 17.7 Å². The maximum Gasteiger partial charge on any atom is 0.303 e. The lowest BCUT2D eigenvalue weighted by atomic mass is 10.1. The molecule has 1 aliphatic heterocycles. The molecular formula is C14H16O3. The monoisotopic (exact) mass is 232 g/mol. The second-order valence-electron chi connectivity index (χ2n) is 3.47. The number of hydrogen-bond donors (Lipinski definition) is 1. The van der Waals surface area contributed by atoms with Crippen molar-refractivity contribution in [3.63, 3.8) is 0 Å². The van der Waals surface area contributed by atoms with Gasteiger partial charge in [0.2, 0.25) is 0 Å². The van der Waals surface area contributed by atoms with Crippen LogP contribution in [0.5, 0.6) is 0 Å². The van der Waals surface area contributed by atoms with Crippen LogP contribution in [0.3, 0.4) is 0 Å². The molecule has 0 amide bonds. The van der Waals surface area contributed by atoms with E-state index in [1.165, 1.54) is 0 Å². The Hall–Kier alpha value is -2.03. The smallest absolute Gasteiger partial charge is 0.303 e. The molecule has 1 N–H and O–H groups in total. The van der Waals surface area contributed by atoms with Crippen LogP contribution in [0.2, 0.25) is 0 Å². The van der Waals surface area contributed by atoms with Gasteiger partial charge in [0.1, 0.15) is 6.61 Å². The molecule has 0 fully saturated rings. The Morgan fingerprint density at radius 1 is 1.24 bits per heavy atom. The molecule has 1 aliphatic rings. The van der Waals surface area contributed by atoms with E-state index >= 15 is 0 Å². The molecule has 0 bridgehead atoms. The van der Waals surface area contributed by atoms with Crippen LogP contribution in [0, 0.1) is 0 Å². The van der Waals surface area contributed by atoms with Crippen molar-refractivity contribution >= 4 is 5.97 Å². The number of hydrogen-bond acceptors (Lipinski definition) is 2. The predicted molar refractivity (Wildman–Crippen MR) is 66.6 cm³/mol. The molecule has 0 atom stereocenters. The first-order valence-corrected chi connectivity index (χ1v) is 5.48. The molecule has 0 unspecified atom stereocenters. The zero-order chi connectivity index (χ0) is 12.3. The van der Waals surface area contributed by atoms with Gasteiger partial charge >= 0.3 is 5.97 Å². The lowest BCUT2D eigenvalue weighted by Crippen LogP contribution is -1.96. The summed E-state index contributed by atoms with van der Waals surface area (Å²) >= 11 is 0. The van der Waals surface area contributed by atoms with Gasteiger partial charge in [-0.05, 0) is 24.1 Å². The van der Waals surface area contributed by atoms with Gasteiger partial charge < -0.3 is 9.84 Å². The van der Waals surface area contributed by atoms with E-state index in [0.29, 0.717) is 6.42 Å². The average molecular weight is 232 g/mol. The summed E-state index contributed by atoms with van der Waals surface area (Å²) in [5, 5.41) is 8.37. The summed E-state index contributed by atoms with van der Waals surface area (Å²) in [7, 11) is 0. The molecule has 3 heteroatoms. The Balaban J connectivity index is 0.000000202. The predicted octanol–water partition coefficient (Wildman–Crippen LogP) is 2.79. The summed E-state index contributed by atoms with van der Waals surface area (Å²) in [5.41, 5.74) is 1.08.